The lowest BCUT2D eigenvalue weighted by molar-refractivity contribution is -0.133. The van der Waals surface area contributed by atoms with Gasteiger partial charge >= 0.3 is 0 Å². The summed E-state index contributed by atoms with van der Waals surface area (Å²) in [5, 5.41) is 13.1. The molecule has 0 saturated heterocycles. The first-order chi connectivity index (χ1) is 9.99. The van der Waals surface area contributed by atoms with Gasteiger partial charge in [-0.2, -0.15) is 0 Å². The Labute approximate surface area is 131 Å². The number of nitrogens with one attached hydrogen (secondary N) is 1. The van der Waals surface area contributed by atoms with Crippen LogP contribution >= 0.6 is 15.9 Å². The van der Waals surface area contributed by atoms with Crippen LogP contribution in [0.5, 0.6) is 0 Å². The molecule has 1 aromatic carbocycles. The fraction of sp³-hybridized carbons (Fsp3) is 0.333. The highest BCUT2D eigenvalue weighted by Gasteiger charge is 2.48. The van der Waals surface area contributed by atoms with Gasteiger partial charge < -0.3 is 9.84 Å². The molecule has 1 aromatic rings. The molecule has 0 aromatic heterocycles. The van der Waals surface area contributed by atoms with Crippen LogP contribution in [0.4, 0.5) is 0 Å². The van der Waals surface area contributed by atoms with E-state index in [4.69, 9.17) is 4.74 Å². The number of benzene rings is 1. The van der Waals surface area contributed by atoms with Gasteiger partial charge in [-0.15, -0.1) is 0 Å². The number of carbonyl (C=O) groups excluding carboxylic acids is 2. The predicted octanol–water partition coefficient (Wildman–Crippen LogP) is 2.52. The van der Waals surface area contributed by atoms with Crippen molar-refractivity contribution >= 4 is 27.6 Å². The molecule has 5 nitrogen and oxygen atoms in total. The van der Waals surface area contributed by atoms with Crippen LogP contribution in [0, 0.1) is 0 Å². The standard InChI is InChI=1S/C15H16BrNO4/c1-15(10-6-3-2-4-7-10)13(20)12(19)14(21-15)17-11(18)8-5-9-16/h2-4,6-7,19H,5,8-9H2,1H3,(H,17,18). The third-order valence-corrected chi connectivity index (χ3v) is 3.85. The van der Waals surface area contributed by atoms with Gasteiger partial charge in [-0.05, 0) is 13.3 Å². The minimum Gasteiger partial charge on any atom is -0.501 e. The molecular weight excluding hydrogens is 338 g/mol. The van der Waals surface area contributed by atoms with E-state index < -0.39 is 17.1 Å². The van der Waals surface area contributed by atoms with Gasteiger partial charge in [0, 0.05) is 17.3 Å². The van der Waals surface area contributed by atoms with E-state index in [1.54, 1.807) is 31.2 Å². The fourth-order valence-corrected chi connectivity index (χ4v) is 2.36. The van der Waals surface area contributed by atoms with Gasteiger partial charge in [-0.25, -0.2) is 0 Å². The molecule has 1 unspecified atom stereocenters. The maximum absolute atomic E-state index is 12.2. The number of aliphatic hydroxyl groups excluding tert-OH is 1. The summed E-state index contributed by atoms with van der Waals surface area (Å²) < 4.78 is 5.55. The van der Waals surface area contributed by atoms with Gasteiger partial charge in [0.2, 0.25) is 17.5 Å². The van der Waals surface area contributed by atoms with Crippen molar-refractivity contribution in [3.63, 3.8) is 0 Å². The number of ether oxygens (including phenoxy) is 1. The first-order valence-electron chi connectivity index (χ1n) is 6.57. The summed E-state index contributed by atoms with van der Waals surface area (Å²) >= 11 is 3.23. The van der Waals surface area contributed by atoms with Crippen LogP contribution in [0.1, 0.15) is 25.3 Å². The van der Waals surface area contributed by atoms with Crippen molar-refractivity contribution in [1.82, 2.24) is 5.32 Å². The number of carbonyl (C=O) groups is 2. The maximum atomic E-state index is 12.2. The second kappa shape index (κ2) is 6.30. The molecule has 112 valence electrons. The molecule has 21 heavy (non-hydrogen) atoms. The van der Waals surface area contributed by atoms with E-state index in [1.807, 2.05) is 6.07 Å². The van der Waals surface area contributed by atoms with Crippen LogP contribution in [0.15, 0.2) is 42.0 Å². The summed E-state index contributed by atoms with van der Waals surface area (Å²) in [5.41, 5.74) is -0.699. The minimum absolute atomic E-state index is 0.175. The summed E-state index contributed by atoms with van der Waals surface area (Å²) in [6, 6.07) is 8.85. The highest BCUT2D eigenvalue weighted by molar-refractivity contribution is 9.09. The van der Waals surface area contributed by atoms with Crippen molar-refractivity contribution in [2.45, 2.75) is 25.4 Å². The van der Waals surface area contributed by atoms with Crippen molar-refractivity contribution in [3.8, 4) is 0 Å². The summed E-state index contributed by atoms with van der Waals surface area (Å²) in [6.07, 6.45) is 0.936. The predicted molar refractivity (Wildman–Crippen MR) is 80.7 cm³/mol. The Morgan fingerprint density at radius 1 is 1.38 bits per heavy atom. The average Bonchev–Trinajstić information content (AvgIpc) is 2.71. The fourth-order valence-electron chi connectivity index (χ4n) is 2.08. The molecule has 0 bridgehead atoms. The number of amides is 1. The van der Waals surface area contributed by atoms with Crippen LogP contribution in [-0.4, -0.2) is 22.1 Å². The number of aliphatic hydroxyl groups is 1. The Hall–Kier alpha value is -1.82. The highest BCUT2D eigenvalue weighted by Crippen LogP contribution is 2.36. The summed E-state index contributed by atoms with van der Waals surface area (Å²) in [4.78, 5) is 23.9. The van der Waals surface area contributed by atoms with Crippen LogP contribution in [-0.2, 0) is 19.9 Å². The SMILES string of the molecule is CC1(c2ccccc2)OC(NC(=O)CCCBr)=C(O)C1=O. The first kappa shape index (κ1) is 15.6. The summed E-state index contributed by atoms with van der Waals surface area (Å²) in [6.45, 7) is 1.57. The van der Waals surface area contributed by atoms with Gasteiger partial charge in [0.25, 0.3) is 5.78 Å². The second-order valence-corrected chi connectivity index (χ2v) is 5.64. The van der Waals surface area contributed by atoms with E-state index >= 15 is 0 Å². The Kier molecular flexibility index (Phi) is 4.67. The van der Waals surface area contributed by atoms with Gasteiger partial charge in [-0.1, -0.05) is 46.3 Å². The largest absolute Gasteiger partial charge is 0.501 e. The molecule has 0 radical (unpaired) electrons. The molecule has 1 heterocycles. The summed E-state index contributed by atoms with van der Waals surface area (Å²) in [7, 11) is 0. The molecule has 2 rings (SSSR count). The third-order valence-electron chi connectivity index (χ3n) is 3.28. The normalized spacial score (nSPS) is 21.3. The van der Waals surface area contributed by atoms with Gasteiger partial charge in [0.05, 0.1) is 0 Å². The Bertz CT molecular complexity index is 585. The molecule has 2 N–H and O–H groups in total. The molecule has 0 aliphatic carbocycles. The molecular formula is C15H16BrNO4. The van der Waals surface area contributed by atoms with E-state index in [-0.39, 0.29) is 18.2 Å². The molecule has 1 aliphatic heterocycles. The van der Waals surface area contributed by atoms with Crippen molar-refractivity contribution < 1.29 is 19.4 Å². The second-order valence-electron chi connectivity index (χ2n) is 4.85. The van der Waals surface area contributed by atoms with Gasteiger partial charge in [0.15, 0.2) is 5.60 Å². The smallest absolute Gasteiger partial charge is 0.250 e. The number of hydrogen-bond donors (Lipinski definition) is 2. The molecule has 0 fully saturated rings. The monoisotopic (exact) mass is 353 g/mol. The van der Waals surface area contributed by atoms with Crippen molar-refractivity contribution in [3.05, 3.63) is 47.5 Å². The lowest BCUT2D eigenvalue weighted by Gasteiger charge is -2.23. The Morgan fingerprint density at radius 2 is 2.05 bits per heavy atom. The van der Waals surface area contributed by atoms with E-state index in [1.165, 1.54) is 0 Å². The number of alkyl halides is 1. The van der Waals surface area contributed by atoms with Crippen molar-refractivity contribution in [2.75, 3.05) is 5.33 Å². The van der Waals surface area contributed by atoms with E-state index in [2.05, 4.69) is 21.2 Å². The van der Waals surface area contributed by atoms with E-state index in [0.29, 0.717) is 17.3 Å². The van der Waals surface area contributed by atoms with E-state index in [0.717, 1.165) is 0 Å². The lowest BCUT2D eigenvalue weighted by atomic mass is 9.92. The van der Waals surface area contributed by atoms with Crippen LogP contribution in [0.2, 0.25) is 0 Å². The minimum atomic E-state index is -1.32. The average molecular weight is 354 g/mol. The highest BCUT2D eigenvalue weighted by atomic mass is 79.9. The van der Waals surface area contributed by atoms with Crippen LogP contribution in [0.3, 0.4) is 0 Å². The number of halogens is 1. The molecule has 1 atom stereocenters. The number of rotatable bonds is 5. The third kappa shape index (κ3) is 3.10. The molecule has 0 spiro atoms. The summed E-state index contributed by atoms with van der Waals surface area (Å²) in [5.74, 6) is -1.59. The van der Waals surface area contributed by atoms with E-state index in [9.17, 15) is 14.7 Å². The molecule has 1 amide bonds. The Morgan fingerprint density at radius 3 is 2.67 bits per heavy atom. The lowest BCUT2D eigenvalue weighted by Crippen LogP contribution is -2.32. The number of hydrogen-bond acceptors (Lipinski definition) is 4. The molecule has 1 aliphatic rings. The number of Topliss-reactive ketones (excluding diaryl/α,β-unsaturated/α-hetero) is 1. The first-order valence-corrected chi connectivity index (χ1v) is 7.69. The maximum Gasteiger partial charge on any atom is 0.250 e. The quantitative estimate of drug-likeness (QED) is 0.797. The molecule has 0 saturated carbocycles. The van der Waals surface area contributed by atoms with Gasteiger partial charge in [-0.3, -0.25) is 14.9 Å². The Balaban J connectivity index is 2.16. The number of ketones is 1. The van der Waals surface area contributed by atoms with Crippen LogP contribution < -0.4 is 5.32 Å². The van der Waals surface area contributed by atoms with Crippen molar-refractivity contribution in [1.29, 1.82) is 0 Å². The zero-order valence-electron chi connectivity index (χ0n) is 11.6. The zero-order valence-corrected chi connectivity index (χ0v) is 13.1. The zero-order chi connectivity index (χ0) is 15.5. The van der Waals surface area contributed by atoms with Crippen LogP contribution in [0.25, 0.3) is 0 Å². The van der Waals surface area contributed by atoms with Crippen molar-refractivity contribution in [2.24, 2.45) is 0 Å². The molecule has 6 heteroatoms. The van der Waals surface area contributed by atoms with Gasteiger partial charge in [0.1, 0.15) is 0 Å². The topological polar surface area (TPSA) is 75.6 Å².